The van der Waals surface area contributed by atoms with Gasteiger partial charge < -0.3 is 10.1 Å². The predicted molar refractivity (Wildman–Crippen MR) is 94.9 cm³/mol. The zero-order valence-electron chi connectivity index (χ0n) is 14.4. The highest BCUT2D eigenvalue weighted by Gasteiger charge is 2.14. The summed E-state index contributed by atoms with van der Waals surface area (Å²) < 4.78 is 6.95. The molecule has 1 aromatic carbocycles. The standard InChI is InChI=1S/C19H17N5O2/c1-13(23-19(25)14-6-7-16(9-20)21-10-14)15-11-22-24(12-15)17-4-3-5-18(8-17)26-2/h3-8,10-13H,1-2H3,(H,23,25)/t13-/m1/s1. The third-order valence-electron chi connectivity index (χ3n) is 3.91. The number of nitrogens with one attached hydrogen (secondary N) is 1. The van der Waals surface area contributed by atoms with Crippen molar-refractivity contribution in [1.82, 2.24) is 20.1 Å². The molecule has 3 rings (SSSR count). The van der Waals surface area contributed by atoms with Crippen molar-refractivity contribution in [2.45, 2.75) is 13.0 Å². The van der Waals surface area contributed by atoms with E-state index in [1.165, 1.54) is 12.3 Å². The van der Waals surface area contributed by atoms with Gasteiger partial charge in [0.15, 0.2) is 0 Å². The minimum Gasteiger partial charge on any atom is -0.497 e. The first-order valence-corrected chi connectivity index (χ1v) is 7.96. The molecule has 1 amide bonds. The maximum atomic E-state index is 12.3. The molecule has 0 radical (unpaired) electrons. The lowest BCUT2D eigenvalue weighted by Gasteiger charge is -2.12. The van der Waals surface area contributed by atoms with Crippen molar-refractivity contribution in [2.75, 3.05) is 7.11 Å². The van der Waals surface area contributed by atoms with Gasteiger partial charge >= 0.3 is 0 Å². The lowest BCUT2D eigenvalue weighted by atomic mass is 10.1. The van der Waals surface area contributed by atoms with Gasteiger partial charge in [-0.15, -0.1) is 0 Å². The van der Waals surface area contributed by atoms with Crippen molar-refractivity contribution >= 4 is 5.91 Å². The van der Waals surface area contributed by atoms with Crippen molar-refractivity contribution in [3.63, 3.8) is 0 Å². The van der Waals surface area contributed by atoms with E-state index in [1.807, 2.05) is 43.5 Å². The molecule has 0 aliphatic heterocycles. The number of rotatable bonds is 5. The maximum absolute atomic E-state index is 12.3. The monoisotopic (exact) mass is 347 g/mol. The molecule has 7 nitrogen and oxygen atoms in total. The average Bonchev–Trinajstić information content (AvgIpc) is 3.18. The lowest BCUT2D eigenvalue weighted by Crippen LogP contribution is -2.26. The van der Waals surface area contributed by atoms with Crippen molar-refractivity contribution in [3.05, 3.63) is 71.8 Å². The number of nitriles is 1. The van der Waals surface area contributed by atoms with Crippen LogP contribution in [0.2, 0.25) is 0 Å². The SMILES string of the molecule is COc1cccc(-n2cc([C@@H](C)NC(=O)c3ccc(C#N)nc3)cn2)c1. The van der Waals surface area contributed by atoms with Crippen LogP contribution >= 0.6 is 0 Å². The van der Waals surface area contributed by atoms with Crippen LogP contribution in [0.4, 0.5) is 0 Å². The minimum atomic E-state index is -0.261. The van der Waals surface area contributed by atoms with Gasteiger partial charge in [-0.05, 0) is 31.2 Å². The Morgan fingerprint density at radius 1 is 1.31 bits per heavy atom. The fourth-order valence-corrected chi connectivity index (χ4v) is 2.41. The number of carbonyl (C=O) groups excluding carboxylic acids is 1. The number of amides is 1. The molecule has 3 aromatic rings. The van der Waals surface area contributed by atoms with Crippen molar-refractivity contribution in [3.8, 4) is 17.5 Å². The molecule has 0 aliphatic carbocycles. The summed E-state index contributed by atoms with van der Waals surface area (Å²) in [6, 6.07) is 12.3. The highest BCUT2D eigenvalue weighted by molar-refractivity contribution is 5.94. The molecule has 7 heteroatoms. The Kier molecular flexibility index (Phi) is 4.94. The Hall–Kier alpha value is -3.66. The smallest absolute Gasteiger partial charge is 0.253 e. The van der Waals surface area contributed by atoms with E-state index in [4.69, 9.17) is 10.00 Å². The van der Waals surface area contributed by atoms with Crippen LogP contribution in [0.3, 0.4) is 0 Å². The molecular weight excluding hydrogens is 330 g/mol. The number of pyridine rings is 1. The molecule has 2 heterocycles. The van der Waals surface area contributed by atoms with E-state index >= 15 is 0 Å². The van der Waals surface area contributed by atoms with Gasteiger partial charge in [-0.2, -0.15) is 10.4 Å². The van der Waals surface area contributed by atoms with Crippen LogP contribution in [0.15, 0.2) is 55.0 Å². The number of carbonyl (C=O) groups is 1. The summed E-state index contributed by atoms with van der Waals surface area (Å²) in [5.74, 6) is 0.484. The molecule has 1 atom stereocenters. The Bertz CT molecular complexity index is 957. The topological polar surface area (TPSA) is 92.8 Å². The maximum Gasteiger partial charge on any atom is 0.253 e. The van der Waals surface area contributed by atoms with Crippen molar-refractivity contribution in [2.24, 2.45) is 0 Å². The van der Waals surface area contributed by atoms with Gasteiger partial charge in [0.1, 0.15) is 17.5 Å². The van der Waals surface area contributed by atoms with E-state index in [9.17, 15) is 4.79 Å². The summed E-state index contributed by atoms with van der Waals surface area (Å²) in [6.07, 6.45) is 4.96. The first-order valence-electron chi connectivity index (χ1n) is 7.96. The number of hydrogen-bond donors (Lipinski definition) is 1. The van der Waals surface area contributed by atoms with E-state index in [0.29, 0.717) is 5.56 Å². The van der Waals surface area contributed by atoms with Gasteiger partial charge in [0.2, 0.25) is 0 Å². The second-order valence-electron chi connectivity index (χ2n) is 5.66. The number of benzene rings is 1. The van der Waals surface area contributed by atoms with Gasteiger partial charge in [0, 0.05) is 24.0 Å². The Labute approximate surface area is 150 Å². The molecular formula is C19H17N5O2. The van der Waals surface area contributed by atoms with E-state index in [-0.39, 0.29) is 17.6 Å². The third kappa shape index (κ3) is 3.70. The molecule has 0 bridgehead atoms. The van der Waals surface area contributed by atoms with Crippen molar-refractivity contribution in [1.29, 1.82) is 5.26 Å². The molecule has 0 saturated heterocycles. The van der Waals surface area contributed by atoms with Crippen LogP contribution < -0.4 is 10.1 Å². The summed E-state index contributed by atoms with van der Waals surface area (Å²) in [7, 11) is 1.61. The quantitative estimate of drug-likeness (QED) is 0.766. The fourth-order valence-electron chi connectivity index (χ4n) is 2.41. The Morgan fingerprint density at radius 2 is 2.15 bits per heavy atom. The van der Waals surface area contributed by atoms with Crippen LogP contribution in [0, 0.1) is 11.3 Å². The number of aromatic nitrogens is 3. The second-order valence-corrected chi connectivity index (χ2v) is 5.66. The zero-order valence-corrected chi connectivity index (χ0v) is 14.4. The summed E-state index contributed by atoms with van der Waals surface area (Å²) in [5, 5.41) is 16.0. The molecule has 1 N–H and O–H groups in total. The Morgan fingerprint density at radius 3 is 2.85 bits per heavy atom. The first-order chi connectivity index (χ1) is 12.6. The van der Waals surface area contributed by atoms with E-state index < -0.39 is 0 Å². The van der Waals surface area contributed by atoms with E-state index in [2.05, 4.69) is 15.4 Å². The van der Waals surface area contributed by atoms with Crippen LogP contribution in [0.25, 0.3) is 5.69 Å². The van der Waals surface area contributed by atoms with Gasteiger partial charge in [0.05, 0.1) is 30.6 Å². The van der Waals surface area contributed by atoms with E-state index in [1.54, 1.807) is 24.1 Å². The molecule has 0 aliphatic rings. The number of ether oxygens (including phenoxy) is 1. The van der Waals surface area contributed by atoms with Gasteiger partial charge in [-0.25, -0.2) is 9.67 Å². The molecule has 26 heavy (non-hydrogen) atoms. The summed E-state index contributed by atoms with van der Waals surface area (Å²) in [6.45, 7) is 1.88. The molecule has 0 unspecified atom stereocenters. The molecule has 0 saturated carbocycles. The highest BCUT2D eigenvalue weighted by atomic mass is 16.5. The average molecular weight is 347 g/mol. The fraction of sp³-hybridized carbons (Fsp3) is 0.158. The normalized spacial score (nSPS) is 11.4. The van der Waals surface area contributed by atoms with Crippen molar-refractivity contribution < 1.29 is 9.53 Å². The summed E-state index contributed by atoms with van der Waals surface area (Å²) in [5.41, 5.74) is 2.40. The van der Waals surface area contributed by atoms with Crippen LogP contribution in [0.5, 0.6) is 5.75 Å². The Balaban J connectivity index is 1.72. The second kappa shape index (κ2) is 7.49. The molecule has 130 valence electrons. The predicted octanol–water partition coefficient (Wildman–Crippen LogP) is 2.64. The van der Waals surface area contributed by atoms with Gasteiger partial charge in [-0.1, -0.05) is 6.07 Å². The van der Waals surface area contributed by atoms with Gasteiger partial charge in [0.25, 0.3) is 5.91 Å². The lowest BCUT2D eigenvalue weighted by molar-refractivity contribution is 0.0939. The molecule has 0 spiro atoms. The summed E-state index contributed by atoms with van der Waals surface area (Å²) in [4.78, 5) is 16.2. The van der Waals surface area contributed by atoms with Crippen LogP contribution in [-0.2, 0) is 0 Å². The summed E-state index contributed by atoms with van der Waals surface area (Å²) >= 11 is 0. The zero-order chi connectivity index (χ0) is 18.5. The number of methoxy groups -OCH3 is 1. The number of nitrogens with zero attached hydrogens (tertiary/aromatic N) is 4. The minimum absolute atomic E-state index is 0.238. The largest absolute Gasteiger partial charge is 0.497 e. The first kappa shape index (κ1) is 17.2. The number of hydrogen-bond acceptors (Lipinski definition) is 5. The third-order valence-corrected chi connectivity index (χ3v) is 3.91. The highest BCUT2D eigenvalue weighted by Crippen LogP contribution is 2.18. The van der Waals surface area contributed by atoms with Gasteiger partial charge in [-0.3, -0.25) is 4.79 Å². The molecule has 0 fully saturated rings. The van der Waals surface area contributed by atoms with E-state index in [0.717, 1.165) is 17.0 Å². The van der Waals surface area contributed by atoms with Crippen LogP contribution in [0.1, 0.15) is 34.6 Å². The van der Waals surface area contributed by atoms with Crippen LogP contribution in [-0.4, -0.2) is 27.8 Å². The molecule has 2 aromatic heterocycles.